The molecule has 0 spiro atoms. The molecule has 2 aromatic carbocycles. The highest BCUT2D eigenvalue weighted by molar-refractivity contribution is 7.89. The van der Waals surface area contributed by atoms with Crippen LogP contribution in [0, 0.1) is 0 Å². The summed E-state index contributed by atoms with van der Waals surface area (Å²) in [6.45, 7) is 1.80. The van der Waals surface area contributed by atoms with E-state index in [2.05, 4.69) is 10.0 Å². The fourth-order valence-electron chi connectivity index (χ4n) is 2.30. The molecule has 0 radical (unpaired) electrons. The minimum absolute atomic E-state index is 0.0527. The van der Waals surface area contributed by atoms with Crippen LogP contribution in [0.4, 0.5) is 5.69 Å². The summed E-state index contributed by atoms with van der Waals surface area (Å²) in [5.74, 6) is -0.131. The fourth-order valence-corrected chi connectivity index (χ4v) is 3.38. The van der Waals surface area contributed by atoms with Crippen LogP contribution in [-0.2, 0) is 14.8 Å². The number of carbonyl (C=O) groups excluding carboxylic acids is 1. The van der Waals surface area contributed by atoms with Gasteiger partial charge in [0, 0.05) is 25.8 Å². The maximum atomic E-state index is 12.2. The van der Waals surface area contributed by atoms with E-state index in [1.54, 1.807) is 36.4 Å². The Morgan fingerprint density at radius 2 is 1.52 bits per heavy atom. The molecule has 0 heterocycles. The van der Waals surface area contributed by atoms with Crippen LogP contribution in [0.5, 0.6) is 0 Å². The second kappa shape index (κ2) is 8.75. The number of hydrogen-bond donors (Lipinski definition) is 3. The molecule has 6 nitrogen and oxygen atoms in total. The van der Waals surface area contributed by atoms with Crippen molar-refractivity contribution in [1.29, 1.82) is 0 Å². The number of aliphatic hydroxyl groups excluding tert-OH is 1. The zero-order valence-corrected chi connectivity index (χ0v) is 14.8. The van der Waals surface area contributed by atoms with Crippen LogP contribution in [0.15, 0.2) is 53.4 Å². The van der Waals surface area contributed by atoms with Crippen LogP contribution in [0.3, 0.4) is 0 Å². The monoisotopic (exact) mass is 362 g/mol. The summed E-state index contributed by atoms with van der Waals surface area (Å²) in [4.78, 5) is 11.2. The standard InChI is InChI=1S/C18H22N2O4S/c1-14(22)20-17-8-4-15(5-9-17)16-6-10-18(11-7-16)25(23,24)19-12-2-3-13-21/h4-11,19,21H,2-3,12-13H2,1H3,(H,20,22). The first-order chi connectivity index (χ1) is 11.9. The minimum atomic E-state index is -3.54. The lowest BCUT2D eigenvalue weighted by Gasteiger charge is -2.08. The van der Waals surface area contributed by atoms with Crippen LogP contribution >= 0.6 is 0 Å². The number of anilines is 1. The Kier molecular flexibility index (Phi) is 6.69. The van der Waals surface area contributed by atoms with Crippen molar-refractivity contribution in [3.05, 3.63) is 48.5 Å². The number of unbranched alkanes of at least 4 members (excludes halogenated alkanes) is 1. The molecular formula is C18H22N2O4S. The molecule has 2 aromatic rings. The first-order valence-electron chi connectivity index (χ1n) is 8.01. The van der Waals surface area contributed by atoms with E-state index < -0.39 is 10.0 Å². The zero-order chi connectivity index (χ0) is 18.3. The Labute approximate surface area is 147 Å². The van der Waals surface area contributed by atoms with E-state index >= 15 is 0 Å². The first kappa shape index (κ1) is 19.1. The molecule has 7 heteroatoms. The summed E-state index contributed by atoms with van der Waals surface area (Å²) in [6, 6.07) is 13.9. The Hall–Kier alpha value is -2.22. The highest BCUT2D eigenvalue weighted by Crippen LogP contribution is 2.23. The van der Waals surface area contributed by atoms with Gasteiger partial charge in [0.1, 0.15) is 0 Å². The summed E-state index contributed by atoms with van der Waals surface area (Å²) in [5, 5.41) is 11.4. The summed E-state index contributed by atoms with van der Waals surface area (Å²) in [7, 11) is -3.54. The number of rotatable bonds is 8. The summed E-state index contributed by atoms with van der Waals surface area (Å²) < 4.78 is 26.9. The van der Waals surface area contributed by atoms with Crippen molar-refractivity contribution in [3.8, 4) is 11.1 Å². The molecule has 0 aliphatic rings. The van der Waals surface area contributed by atoms with Crippen molar-refractivity contribution >= 4 is 21.6 Å². The van der Waals surface area contributed by atoms with Crippen LogP contribution < -0.4 is 10.0 Å². The van der Waals surface area contributed by atoms with E-state index in [0.29, 0.717) is 25.1 Å². The average molecular weight is 362 g/mol. The molecule has 1 amide bonds. The van der Waals surface area contributed by atoms with Gasteiger partial charge < -0.3 is 10.4 Å². The molecule has 0 atom stereocenters. The predicted octanol–water partition coefficient (Wildman–Crippen LogP) is 2.36. The van der Waals surface area contributed by atoms with Gasteiger partial charge in [0.05, 0.1) is 4.90 Å². The van der Waals surface area contributed by atoms with E-state index in [1.165, 1.54) is 6.92 Å². The second-order valence-electron chi connectivity index (χ2n) is 5.61. The van der Waals surface area contributed by atoms with Gasteiger partial charge in [-0.3, -0.25) is 4.79 Å². The van der Waals surface area contributed by atoms with Gasteiger partial charge in [-0.25, -0.2) is 13.1 Å². The van der Waals surface area contributed by atoms with Crippen molar-refractivity contribution in [3.63, 3.8) is 0 Å². The molecule has 0 saturated heterocycles. The zero-order valence-electron chi connectivity index (χ0n) is 14.0. The average Bonchev–Trinajstić information content (AvgIpc) is 2.59. The van der Waals surface area contributed by atoms with E-state index in [1.807, 2.05) is 12.1 Å². The third-order valence-corrected chi connectivity index (χ3v) is 5.06. The Balaban J connectivity index is 2.07. The van der Waals surface area contributed by atoms with Gasteiger partial charge in [-0.1, -0.05) is 24.3 Å². The van der Waals surface area contributed by atoms with Crippen LogP contribution in [0.25, 0.3) is 11.1 Å². The third-order valence-electron chi connectivity index (χ3n) is 3.58. The van der Waals surface area contributed by atoms with Gasteiger partial charge in [-0.05, 0) is 48.2 Å². The topological polar surface area (TPSA) is 95.5 Å². The fraction of sp³-hybridized carbons (Fsp3) is 0.278. The second-order valence-corrected chi connectivity index (χ2v) is 7.38. The van der Waals surface area contributed by atoms with Crippen molar-refractivity contribution in [2.45, 2.75) is 24.7 Å². The number of sulfonamides is 1. The largest absolute Gasteiger partial charge is 0.396 e. The summed E-state index contributed by atoms with van der Waals surface area (Å²) >= 11 is 0. The van der Waals surface area contributed by atoms with Crippen molar-refractivity contribution in [2.75, 3.05) is 18.5 Å². The number of carbonyl (C=O) groups is 1. The quantitative estimate of drug-likeness (QED) is 0.628. The van der Waals surface area contributed by atoms with Crippen LogP contribution in [-0.4, -0.2) is 32.6 Å². The smallest absolute Gasteiger partial charge is 0.240 e. The van der Waals surface area contributed by atoms with Crippen molar-refractivity contribution in [2.24, 2.45) is 0 Å². The SMILES string of the molecule is CC(=O)Nc1ccc(-c2ccc(S(=O)(=O)NCCCCO)cc2)cc1. The van der Waals surface area contributed by atoms with E-state index in [0.717, 1.165) is 11.1 Å². The normalized spacial score (nSPS) is 11.3. The molecule has 0 unspecified atom stereocenters. The Morgan fingerprint density at radius 3 is 2.04 bits per heavy atom. The summed E-state index contributed by atoms with van der Waals surface area (Å²) in [6.07, 6.45) is 1.16. The van der Waals surface area contributed by atoms with Gasteiger partial charge in [-0.2, -0.15) is 0 Å². The lowest BCUT2D eigenvalue weighted by Crippen LogP contribution is -2.24. The molecule has 25 heavy (non-hydrogen) atoms. The van der Waals surface area contributed by atoms with E-state index in [9.17, 15) is 13.2 Å². The number of aliphatic hydroxyl groups is 1. The van der Waals surface area contributed by atoms with Gasteiger partial charge >= 0.3 is 0 Å². The minimum Gasteiger partial charge on any atom is -0.396 e. The van der Waals surface area contributed by atoms with Gasteiger partial charge in [-0.15, -0.1) is 0 Å². The van der Waals surface area contributed by atoms with Crippen molar-refractivity contribution < 1.29 is 18.3 Å². The first-order valence-corrected chi connectivity index (χ1v) is 9.49. The number of benzene rings is 2. The highest BCUT2D eigenvalue weighted by Gasteiger charge is 2.13. The van der Waals surface area contributed by atoms with Crippen molar-refractivity contribution in [1.82, 2.24) is 4.72 Å². The van der Waals surface area contributed by atoms with E-state index in [-0.39, 0.29) is 17.4 Å². The summed E-state index contributed by atoms with van der Waals surface area (Å²) in [5.41, 5.74) is 2.52. The Bertz CT molecular complexity index is 800. The maximum Gasteiger partial charge on any atom is 0.240 e. The maximum absolute atomic E-state index is 12.2. The molecule has 0 aliphatic carbocycles. The molecule has 0 saturated carbocycles. The molecule has 2 rings (SSSR count). The lowest BCUT2D eigenvalue weighted by molar-refractivity contribution is -0.114. The molecule has 0 aliphatic heterocycles. The highest BCUT2D eigenvalue weighted by atomic mass is 32.2. The molecule has 3 N–H and O–H groups in total. The number of amides is 1. The molecule has 0 fully saturated rings. The van der Waals surface area contributed by atoms with Crippen LogP contribution in [0.2, 0.25) is 0 Å². The third kappa shape index (κ3) is 5.67. The number of nitrogens with one attached hydrogen (secondary N) is 2. The lowest BCUT2D eigenvalue weighted by atomic mass is 10.1. The van der Waals surface area contributed by atoms with Gasteiger partial charge in [0.15, 0.2) is 0 Å². The van der Waals surface area contributed by atoms with Gasteiger partial charge in [0.2, 0.25) is 15.9 Å². The predicted molar refractivity (Wildman–Crippen MR) is 97.7 cm³/mol. The Morgan fingerprint density at radius 1 is 0.960 bits per heavy atom. The van der Waals surface area contributed by atoms with Crippen LogP contribution in [0.1, 0.15) is 19.8 Å². The van der Waals surface area contributed by atoms with E-state index in [4.69, 9.17) is 5.11 Å². The molecule has 0 bridgehead atoms. The van der Waals surface area contributed by atoms with Gasteiger partial charge in [0.25, 0.3) is 0 Å². The number of hydrogen-bond acceptors (Lipinski definition) is 4. The molecule has 134 valence electrons. The molecular weight excluding hydrogens is 340 g/mol. The molecule has 0 aromatic heterocycles.